The van der Waals surface area contributed by atoms with Gasteiger partial charge in [0.25, 0.3) is 0 Å². The zero-order valence-electron chi connectivity index (χ0n) is 19.2. The molecular formula is C25H22F2N8O. The second-order valence-corrected chi connectivity index (χ2v) is 8.51. The number of fused-ring (bicyclic) bond motifs is 3. The zero-order chi connectivity index (χ0) is 24.6. The van der Waals surface area contributed by atoms with Gasteiger partial charge in [0.2, 0.25) is 11.8 Å². The molecular weight excluding hydrogens is 466 g/mol. The summed E-state index contributed by atoms with van der Waals surface area (Å²) in [6.07, 6.45) is 3.47. The molecule has 4 aromatic heterocycles. The zero-order valence-corrected chi connectivity index (χ0v) is 19.2. The minimum Gasteiger partial charge on any atom is -0.461 e. The fraction of sp³-hybridized carbons (Fsp3) is 0.240. The lowest BCUT2D eigenvalue weighted by molar-refractivity contribution is 0.287. The summed E-state index contributed by atoms with van der Waals surface area (Å²) < 4.78 is 36.1. The number of nitrogen functional groups attached to an aromatic ring is 1. The van der Waals surface area contributed by atoms with Crippen molar-refractivity contribution in [2.45, 2.75) is 6.54 Å². The standard InChI is InChI=1S/C25H22F2N8O/c26-17-5-6-20(19(27)16-17)33-13-11-32(12-14-33)8-1-2-9-34-10-7-18-23(34)30-25(28)35-24(18)29-22(31-35)21-4-3-15-36-21/h3-7,10,15-16H,8-9,11-14H2,(H2,28,30). The number of nitrogens with zero attached hydrogens (tertiary/aromatic N) is 7. The molecule has 182 valence electrons. The minimum absolute atomic E-state index is 0.228. The number of rotatable bonds is 4. The second kappa shape index (κ2) is 8.98. The van der Waals surface area contributed by atoms with E-state index in [0.717, 1.165) is 24.5 Å². The maximum absolute atomic E-state index is 14.1. The summed E-state index contributed by atoms with van der Waals surface area (Å²) in [7, 11) is 0. The van der Waals surface area contributed by atoms with Crippen LogP contribution < -0.4 is 10.6 Å². The normalized spacial score (nSPS) is 14.4. The summed E-state index contributed by atoms with van der Waals surface area (Å²) in [6.45, 7) is 3.87. The van der Waals surface area contributed by atoms with Crippen LogP contribution in [0.2, 0.25) is 0 Å². The quantitative estimate of drug-likeness (QED) is 0.389. The Labute approximate surface area is 204 Å². The predicted molar refractivity (Wildman–Crippen MR) is 131 cm³/mol. The molecule has 0 radical (unpaired) electrons. The maximum Gasteiger partial charge on any atom is 0.225 e. The number of aromatic nitrogens is 5. The highest BCUT2D eigenvalue weighted by Gasteiger charge is 2.19. The van der Waals surface area contributed by atoms with Gasteiger partial charge in [-0.3, -0.25) is 4.90 Å². The van der Waals surface area contributed by atoms with Gasteiger partial charge < -0.3 is 19.6 Å². The average molecular weight is 489 g/mol. The third-order valence-corrected chi connectivity index (χ3v) is 6.26. The number of benzene rings is 1. The number of furan rings is 1. The highest BCUT2D eigenvalue weighted by Crippen LogP contribution is 2.24. The van der Waals surface area contributed by atoms with Gasteiger partial charge in [-0.25, -0.2) is 13.8 Å². The lowest BCUT2D eigenvalue weighted by Gasteiger charge is -2.35. The first-order valence-corrected chi connectivity index (χ1v) is 11.5. The molecule has 2 N–H and O–H groups in total. The van der Waals surface area contributed by atoms with Crippen molar-refractivity contribution in [1.29, 1.82) is 0 Å². The van der Waals surface area contributed by atoms with E-state index in [1.807, 2.05) is 21.7 Å². The molecule has 11 heteroatoms. The Balaban J connectivity index is 1.12. The lowest BCUT2D eigenvalue weighted by Crippen LogP contribution is -2.46. The predicted octanol–water partition coefficient (Wildman–Crippen LogP) is 3.03. The average Bonchev–Trinajstić information content (AvgIpc) is 3.62. The Morgan fingerprint density at radius 3 is 2.58 bits per heavy atom. The smallest absolute Gasteiger partial charge is 0.225 e. The van der Waals surface area contributed by atoms with Gasteiger partial charge in [0.1, 0.15) is 17.3 Å². The van der Waals surface area contributed by atoms with Crippen LogP contribution in [-0.4, -0.2) is 61.8 Å². The molecule has 0 bridgehead atoms. The highest BCUT2D eigenvalue weighted by molar-refractivity contribution is 5.91. The van der Waals surface area contributed by atoms with Crippen molar-refractivity contribution in [2.24, 2.45) is 0 Å². The van der Waals surface area contributed by atoms with E-state index < -0.39 is 11.6 Å². The first kappa shape index (κ1) is 22.1. The van der Waals surface area contributed by atoms with Crippen molar-refractivity contribution in [2.75, 3.05) is 43.4 Å². The molecule has 0 atom stereocenters. The first-order valence-electron chi connectivity index (χ1n) is 11.5. The van der Waals surface area contributed by atoms with Crippen LogP contribution in [0.25, 0.3) is 28.3 Å². The van der Waals surface area contributed by atoms with Gasteiger partial charge >= 0.3 is 0 Å². The van der Waals surface area contributed by atoms with Crippen LogP contribution in [0.4, 0.5) is 20.4 Å². The molecule has 9 nitrogen and oxygen atoms in total. The maximum atomic E-state index is 14.1. The fourth-order valence-electron chi connectivity index (χ4n) is 4.40. The Hall–Kier alpha value is -4.43. The molecule has 1 saturated heterocycles. The number of anilines is 2. The molecule has 36 heavy (non-hydrogen) atoms. The van der Waals surface area contributed by atoms with E-state index in [1.54, 1.807) is 18.4 Å². The second-order valence-electron chi connectivity index (χ2n) is 8.51. The Morgan fingerprint density at radius 2 is 1.81 bits per heavy atom. The molecule has 0 saturated carbocycles. The molecule has 5 aromatic rings. The van der Waals surface area contributed by atoms with Crippen molar-refractivity contribution < 1.29 is 13.2 Å². The van der Waals surface area contributed by atoms with Crippen LogP contribution in [0, 0.1) is 23.5 Å². The number of nitrogens with two attached hydrogens (primary N) is 1. The van der Waals surface area contributed by atoms with Crippen molar-refractivity contribution in [3.8, 4) is 23.4 Å². The summed E-state index contributed by atoms with van der Waals surface area (Å²) in [5.74, 6) is 6.54. The SMILES string of the molecule is Nc1nc2c(ccn2CC#CCN2CCN(c3ccc(F)cc3F)CC2)c2nc(-c3ccco3)nn12. The van der Waals surface area contributed by atoms with Crippen LogP contribution in [0.1, 0.15) is 0 Å². The molecule has 1 aliphatic rings. The van der Waals surface area contributed by atoms with Crippen LogP contribution in [0.5, 0.6) is 0 Å². The lowest BCUT2D eigenvalue weighted by atomic mass is 10.2. The highest BCUT2D eigenvalue weighted by atomic mass is 19.1. The molecule has 5 heterocycles. The molecule has 1 aliphatic heterocycles. The van der Waals surface area contributed by atoms with Gasteiger partial charge in [-0.15, -0.1) is 5.10 Å². The van der Waals surface area contributed by atoms with Crippen molar-refractivity contribution in [3.63, 3.8) is 0 Å². The molecule has 1 fully saturated rings. The topological polar surface area (TPSA) is 93.6 Å². The van der Waals surface area contributed by atoms with Gasteiger partial charge in [-0.2, -0.15) is 9.50 Å². The third kappa shape index (κ3) is 4.01. The van der Waals surface area contributed by atoms with Crippen LogP contribution >= 0.6 is 0 Å². The summed E-state index contributed by atoms with van der Waals surface area (Å²) in [6, 6.07) is 9.19. The van der Waals surface area contributed by atoms with Crippen molar-refractivity contribution >= 4 is 28.3 Å². The summed E-state index contributed by atoms with van der Waals surface area (Å²) >= 11 is 0. The Morgan fingerprint density at radius 1 is 0.972 bits per heavy atom. The van der Waals surface area contributed by atoms with E-state index >= 15 is 0 Å². The van der Waals surface area contributed by atoms with E-state index in [4.69, 9.17) is 10.2 Å². The van der Waals surface area contributed by atoms with Crippen molar-refractivity contribution in [3.05, 3.63) is 60.5 Å². The van der Waals surface area contributed by atoms with Crippen LogP contribution in [-0.2, 0) is 6.54 Å². The fourth-order valence-corrected chi connectivity index (χ4v) is 4.40. The van der Waals surface area contributed by atoms with E-state index in [-0.39, 0.29) is 5.95 Å². The molecule has 0 spiro atoms. The Kier molecular flexibility index (Phi) is 5.50. The number of hydrogen-bond acceptors (Lipinski definition) is 7. The summed E-state index contributed by atoms with van der Waals surface area (Å²) in [5, 5.41) is 5.24. The molecule has 1 aromatic carbocycles. The third-order valence-electron chi connectivity index (χ3n) is 6.26. The monoisotopic (exact) mass is 488 g/mol. The number of piperazine rings is 1. The largest absolute Gasteiger partial charge is 0.461 e. The van der Waals surface area contributed by atoms with Crippen LogP contribution in [0.3, 0.4) is 0 Å². The summed E-state index contributed by atoms with van der Waals surface area (Å²) in [4.78, 5) is 13.2. The van der Waals surface area contributed by atoms with Gasteiger partial charge in [0, 0.05) is 38.4 Å². The van der Waals surface area contributed by atoms with E-state index in [0.29, 0.717) is 54.7 Å². The van der Waals surface area contributed by atoms with Gasteiger partial charge in [-0.1, -0.05) is 11.8 Å². The van der Waals surface area contributed by atoms with E-state index in [9.17, 15) is 8.78 Å². The van der Waals surface area contributed by atoms with E-state index in [2.05, 4.69) is 31.8 Å². The number of hydrogen-bond donors (Lipinski definition) is 1. The molecule has 6 rings (SSSR count). The first-order chi connectivity index (χ1) is 17.6. The summed E-state index contributed by atoms with van der Waals surface area (Å²) in [5.41, 5.74) is 7.88. The van der Waals surface area contributed by atoms with Crippen LogP contribution in [0.15, 0.2) is 53.3 Å². The molecule has 0 aliphatic carbocycles. The van der Waals surface area contributed by atoms with E-state index in [1.165, 1.54) is 16.6 Å². The molecule has 0 unspecified atom stereocenters. The number of halogens is 2. The van der Waals surface area contributed by atoms with Gasteiger partial charge in [0.05, 0.1) is 30.4 Å². The van der Waals surface area contributed by atoms with Gasteiger partial charge in [-0.05, 0) is 30.3 Å². The Bertz CT molecular complexity index is 1600. The molecule has 0 amide bonds. The minimum atomic E-state index is -0.567. The van der Waals surface area contributed by atoms with Crippen molar-refractivity contribution in [1.82, 2.24) is 29.0 Å². The van der Waals surface area contributed by atoms with Gasteiger partial charge in [0.15, 0.2) is 11.4 Å².